The number of ether oxygens (including phenoxy) is 7. The normalized spacial score (nSPS) is 44.7. The smallest absolute Gasteiger partial charge is 0.335 e. The zero-order valence-electron chi connectivity index (χ0n) is 30.0. The van der Waals surface area contributed by atoms with Crippen molar-refractivity contribution in [2.75, 3.05) is 13.2 Å². The van der Waals surface area contributed by atoms with Gasteiger partial charge in [0.1, 0.15) is 85.5 Å². The Kier molecular flexibility index (Phi) is 15.1. The molecular weight excluding hydrogens is 760 g/mol. The molecule has 5 rings (SSSR count). The van der Waals surface area contributed by atoms with Crippen LogP contribution in [0.4, 0.5) is 0 Å². The first kappa shape index (κ1) is 44.5. The lowest BCUT2D eigenvalue weighted by Crippen LogP contribution is -2.66. The van der Waals surface area contributed by atoms with E-state index < -0.39 is 154 Å². The summed E-state index contributed by atoms with van der Waals surface area (Å²) in [7, 11) is 0. The second-order valence-electron chi connectivity index (χ2n) is 14.3. The number of nitrogens with one attached hydrogen (secondary N) is 1. The molecule has 23 nitrogen and oxygen atoms in total. The van der Waals surface area contributed by atoms with Crippen LogP contribution in [0.2, 0.25) is 0 Å². The first-order valence-corrected chi connectivity index (χ1v) is 17.8. The van der Waals surface area contributed by atoms with Crippen molar-refractivity contribution in [3.63, 3.8) is 0 Å². The number of amides is 1. The molecule has 4 fully saturated rings. The van der Waals surface area contributed by atoms with Crippen molar-refractivity contribution in [2.24, 2.45) is 5.92 Å². The molecule has 0 bridgehead atoms. The van der Waals surface area contributed by atoms with Gasteiger partial charge in [0.15, 0.2) is 31.1 Å². The second kappa shape index (κ2) is 19.0. The van der Waals surface area contributed by atoms with Gasteiger partial charge in [0.25, 0.3) is 5.91 Å². The molecule has 4 saturated heterocycles. The van der Waals surface area contributed by atoms with E-state index in [9.17, 15) is 70.9 Å². The van der Waals surface area contributed by atoms with Crippen molar-refractivity contribution in [1.29, 1.82) is 0 Å². The lowest BCUT2D eigenvalue weighted by Gasteiger charge is -2.48. The number of carbonyl (C=O) groups excluding carboxylic acids is 1. The summed E-state index contributed by atoms with van der Waals surface area (Å²) in [4.78, 5) is 28.4. The summed E-state index contributed by atoms with van der Waals surface area (Å²) in [5, 5.41) is 129. The van der Waals surface area contributed by atoms with Crippen molar-refractivity contribution in [3.8, 4) is 0 Å². The van der Waals surface area contributed by atoms with Gasteiger partial charge in [-0.2, -0.15) is 0 Å². The Labute approximate surface area is 318 Å². The first-order chi connectivity index (χ1) is 26.5. The molecule has 4 aliphatic heterocycles. The lowest BCUT2D eigenvalue weighted by atomic mass is 9.89. The minimum atomic E-state index is -2.05. The predicted molar refractivity (Wildman–Crippen MR) is 176 cm³/mol. The maximum absolute atomic E-state index is 13.0. The Hall–Kier alpha value is -2.63. The summed E-state index contributed by atoms with van der Waals surface area (Å²) in [5.41, 5.74) is 0.637. The predicted octanol–water partition coefficient (Wildman–Crippen LogP) is -7.23. The molecule has 56 heavy (non-hydrogen) atoms. The maximum Gasteiger partial charge on any atom is 0.335 e. The van der Waals surface area contributed by atoms with Crippen molar-refractivity contribution in [3.05, 3.63) is 30.1 Å². The van der Waals surface area contributed by atoms with Gasteiger partial charge >= 0.3 is 5.97 Å². The zero-order chi connectivity index (χ0) is 41.2. The number of rotatable bonds is 13. The Bertz CT molecular complexity index is 1430. The second-order valence-corrected chi connectivity index (χ2v) is 14.3. The van der Waals surface area contributed by atoms with Gasteiger partial charge < -0.3 is 99.8 Å². The Morgan fingerprint density at radius 2 is 1.21 bits per heavy atom. The Balaban J connectivity index is 1.27. The molecule has 0 saturated carbocycles. The lowest BCUT2D eigenvalue weighted by molar-refractivity contribution is -0.362. The van der Waals surface area contributed by atoms with E-state index >= 15 is 0 Å². The minimum Gasteiger partial charge on any atom is -0.479 e. The number of nitrogens with zero attached hydrogens (tertiary/aromatic N) is 1. The highest BCUT2D eigenvalue weighted by atomic mass is 16.7. The van der Waals surface area contributed by atoms with E-state index in [0.717, 1.165) is 0 Å². The topological polar surface area (TPSA) is 366 Å². The van der Waals surface area contributed by atoms with Gasteiger partial charge in [0.05, 0.1) is 19.3 Å². The molecule has 20 atom stereocenters. The van der Waals surface area contributed by atoms with Crippen LogP contribution >= 0.6 is 0 Å². The minimum absolute atomic E-state index is 0.0232. The maximum atomic E-state index is 13.0. The third-order valence-corrected chi connectivity index (χ3v) is 10.1. The first-order valence-electron chi connectivity index (χ1n) is 17.8. The molecule has 0 aromatic carbocycles. The molecular formula is C33H50N2O21. The van der Waals surface area contributed by atoms with Crippen molar-refractivity contribution < 1.29 is 104 Å². The van der Waals surface area contributed by atoms with Crippen molar-refractivity contribution >= 4 is 11.9 Å². The van der Waals surface area contributed by atoms with Crippen LogP contribution in [0.25, 0.3) is 0 Å². The molecule has 0 spiro atoms. The van der Waals surface area contributed by atoms with E-state index in [4.69, 9.17) is 33.2 Å². The van der Waals surface area contributed by atoms with Crippen LogP contribution in [-0.2, 0) is 49.3 Å². The number of pyridine rings is 1. The highest BCUT2D eigenvalue weighted by molar-refractivity contribution is 5.81. The fourth-order valence-electron chi connectivity index (χ4n) is 6.80. The molecule has 0 radical (unpaired) electrons. The van der Waals surface area contributed by atoms with Gasteiger partial charge in [-0.1, -0.05) is 13.8 Å². The third-order valence-electron chi connectivity index (χ3n) is 10.1. The molecule has 1 amide bonds. The number of aliphatic hydroxyl groups excluding tert-OH is 11. The fraction of sp³-hybridized carbons (Fsp3) is 0.788. The quantitative estimate of drug-likeness (QED) is 0.0880. The van der Waals surface area contributed by atoms with E-state index in [1.54, 1.807) is 26.0 Å². The largest absolute Gasteiger partial charge is 0.479 e. The van der Waals surface area contributed by atoms with Crippen LogP contribution in [0.3, 0.4) is 0 Å². The average Bonchev–Trinajstić information content (AvgIpc) is 3.17. The van der Waals surface area contributed by atoms with E-state index in [1.807, 2.05) is 0 Å². The van der Waals surface area contributed by atoms with Gasteiger partial charge in [-0.15, -0.1) is 0 Å². The number of hydrogen-bond donors (Lipinski definition) is 13. The summed E-state index contributed by atoms with van der Waals surface area (Å²) >= 11 is 0. The van der Waals surface area contributed by atoms with Gasteiger partial charge in [0.2, 0.25) is 0 Å². The number of aliphatic carboxylic acids is 1. The van der Waals surface area contributed by atoms with Crippen molar-refractivity contribution in [1.82, 2.24) is 10.3 Å². The van der Waals surface area contributed by atoms with Crippen LogP contribution in [0, 0.1) is 5.92 Å². The molecule has 23 heteroatoms. The number of aliphatic hydroxyl groups is 11. The average molecular weight is 811 g/mol. The summed E-state index contributed by atoms with van der Waals surface area (Å²) in [6.07, 6.45) is -33.5. The van der Waals surface area contributed by atoms with E-state index in [1.165, 1.54) is 12.4 Å². The number of carboxylic acids is 1. The molecule has 1 aromatic rings. The van der Waals surface area contributed by atoms with Crippen LogP contribution < -0.4 is 5.32 Å². The van der Waals surface area contributed by atoms with Gasteiger partial charge in [0, 0.05) is 18.9 Å². The van der Waals surface area contributed by atoms with Crippen LogP contribution in [0.15, 0.2) is 24.5 Å². The molecule has 318 valence electrons. The Morgan fingerprint density at radius 1 is 0.679 bits per heavy atom. The van der Waals surface area contributed by atoms with Gasteiger partial charge in [-0.25, -0.2) is 4.79 Å². The van der Waals surface area contributed by atoms with E-state index in [-0.39, 0.29) is 6.54 Å². The monoisotopic (exact) mass is 810 g/mol. The number of hydrogen-bond acceptors (Lipinski definition) is 21. The van der Waals surface area contributed by atoms with E-state index in [0.29, 0.717) is 5.56 Å². The SMILES string of the molecule is CC(C)C1OC(COC2OC(CO)C(O)C(OC3OC(C(=O)NCc4ccncc4)C(O)C(O)C3O)C2O)C(O)C(OC2OC(C(=O)O)C(O)C(O)C2O)C1O. The molecule has 5 heterocycles. The Morgan fingerprint density at radius 3 is 1.77 bits per heavy atom. The molecule has 13 N–H and O–H groups in total. The summed E-state index contributed by atoms with van der Waals surface area (Å²) in [6.45, 7) is 1.72. The molecule has 4 aliphatic rings. The third kappa shape index (κ3) is 9.46. The van der Waals surface area contributed by atoms with Crippen LogP contribution in [-0.4, -0.2) is 214 Å². The summed E-state index contributed by atoms with van der Waals surface area (Å²) < 4.78 is 39.1. The number of carboxylic acid groups (broad SMARTS) is 1. The number of aromatic nitrogens is 1. The highest BCUT2D eigenvalue weighted by Gasteiger charge is 2.55. The van der Waals surface area contributed by atoms with E-state index in [2.05, 4.69) is 10.3 Å². The van der Waals surface area contributed by atoms with Gasteiger partial charge in [-0.05, 0) is 23.6 Å². The summed E-state index contributed by atoms with van der Waals surface area (Å²) in [6, 6.07) is 3.22. The summed E-state index contributed by atoms with van der Waals surface area (Å²) in [5.74, 6) is -3.07. The van der Waals surface area contributed by atoms with Gasteiger partial charge in [-0.3, -0.25) is 9.78 Å². The number of carbonyl (C=O) groups is 2. The fourth-order valence-corrected chi connectivity index (χ4v) is 6.80. The van der Waals surface area contributed by atoms with Crippen molar-refractivity contribution in [2.45, 2.75) is 143 Å². The molecule has 1 aromatic heterocycles. The van der Waals surface area contributed by atoms with Crippen LogP contribution in [0.5, 0.6) is 0 Å². The molecule has 20 unspecified atom stereocenters. The highest BCUT2D eigenvalue weighted by Crippen LogP contribution is 2.34. The molecule has 0 aliphatic carbocycles. The van der Waals surface area contributed by atoms with Crippen LogP contribution in [0.1, 0.15) is 19.4 Å². The zero-order valence-corrected chi connectivity index (χ0v) is 30.0. The standard InChI is InChI=1S/C33H50N2O21/c1-10(2)24-22(45)25(53-33-21(44)17(40)19(42)28(56-33)30(48)49)15(38)13(51-24)9-50-31-23(46)26(14(37)12(8-36)52-31)54-32-20(43)16(39)18(41)27(55-32)29(47)35-7-11-3-5-34-6-4-11/h3-6,10,12-28,31-33,36-46H,7-9H2,1-2H3,(H,35,47)(H,48,49).